The number of thioether (sulfide) groups is 1. The van der Waals surface area contributed by atoms with Crippen LogP contribution in [0.4, 0.5) is 0 Å². The minimum Gasteiger partial charge on any atom is -0.387 e. The fourth-order valence-electron chi connectivity index (χ4n) is 2.85. The summed E-state index contributed by atoms with van der Waals surface area (Å²) >= 11 is 1.96. The lowest BCUT2D eigenvalue weighted by Crippen LogP contribution is -2.57. The van der Waals surface area contributed by atoms with Gasteiger partial charge in [0, 0.05) is 5.75 Å². The van der Waals surface area contributed by atoms with Crippen molar-refractivity contribution in [2.24, 2.45) is 5.92 Å². The molecule has 1 aliphatic carbocycles. The minimum atomic E-state index is -0.715. The first-order chi connectivity index (χ1) is 8.48. The van der Waals surface area contributed by atoms with Crippen LogP contribution in [0.3, 0.4) is 0 Å². The molecule has 1 saturated heterocycles. The van der Waals surface area contributed by atoms with Crippen molar-refractivity contribution in [2.45, 2.75) is 70.2 Å². The van der Waals surface area contributed by atoms with Gasteiger partial charge in [-0.2, -0.15) is 11.8 Å². The number of aliphatic hydroxyl groups is 1. The first-order valence-electron chi connectivity index (χ1n) is 7.12. The molecule has 1 aliphatic heterocycles. The highest BCUT2D eigenvalue weighted by molar-refractivity contribution is 7.99. The van der Waals surface area contributed by atoms with Gasteiger partial charge in [-0.05, 0) is 51.2 Å². The molecule has 2 aliphatic rings. The monoisotopic (exact) mass is 274 g/mol. The Labute approximate surface area is 115 Å². The van der Waals surface area contributed by atoms with Gasteiger partial charge in [-0.1, -0.05) is 13.3 Å². The molecule has 106 valence electrons. The molecule has 0 aromatic rings. The van der Waals surface area contributed by atoms with Crippen LogP contribution in [0.25, 0.3) is 0 Å². The third-order valence-electron chi connectivity index (χ3n) is 4.44. The van der Waals surface area contributed by atoms with E-state index >= 15 is 0 Å². The summed E-state index contributed by atoms with van der Waals surface area (Å²) in [4.78, 5) is 11.1. The van der Waals surface area contributed by atoms with Crippen molar-refractivity contribution in [2.75, 3.05) is 11.5 Å². The lowest BCUT2D eigenvalue weighted by atomic mass is 9.71. The predicted molar refractivity (Wildman–Crippen MR) is 74.6 cm³/mol. The van der Waals surface area contributed by atoms with E-state index in [-0.39, 0.29) is 11.7 Å². The van der Waals surface area contributed by atoms with Gasteiger partial charge in [0.15, 0.2) is 0 Å². The molecule has 1 N–H and O–H groups in total. The molecular formula is C14H26O3S. The van der Waals surface area contributed by atoms with E-state index in [9.17, 15) is 5.11 Å². The summed E-state index contributed by atoms with van der Waals surface area (Å²) in [7, 11) is 0. The summed E-state index contributed by atoms with van der Waals surface area (Å²) < 4.78 is 0. The molecule has 18 heavy (non-hydrogen) atoms. The first-order valence-corrected chi connectivity index (χ1v) is 8.28. The second-order valence-corrected chi connectivity index (χ2v) is 7.32. The van der Waals surface area contributed by atoms with Crippen molar-refractivity contribution in [1.82, 2.24) is 0 Å². The largest absolute Gasteiger partial charge is 0.387 e. The molecule has 0 spiro atoms. The van der Waals surface area contributed by atoms with Crippen LogP contribution in [0.15, 0.2) is 0 Å². The lowest BCUT2D eigenvalue weighted by molar-refractivity contribution is -0.441. The van der Waals surface area contributed by atoms with E-state index in [0.29, 0.717) is 5.92 Å². The van der Waals surface area contributed by atoms with Crippen LogP contribution < -0.4 is 0 Å². The molecular weight excluding hydrogens is 248 g/mol. The van der Waals surface area contributed by atoms with Gasteiger partial charge in [-0.3, -0.25) is 0 Å². The summed E-state index contributed by atoms with van der Waals surface area (Å²) in [5.74, 6) is 2.71. The van der Waals surface area contributed by atoms with Crippen LogP contribution in [0.1, 0.15) is 52.9 Å². The van der Waals surface area contributed by atoms with Crippen molar-refractivity contribution >= 4 is 11.8 Å². The molecule has 1 heterocycles. The van der Waals surface area contributed by atoms with Gasteiger partial charge in [0.25, 0.3) is 0 Å². The van der Waals surface area contributed by atoms with Crippen LogP contribution in [0.5, 0.6) is 0 Å². The summed E-state index contributed by atoms with van der Waals surface area (Å²) in [6.45, 7) is 6.24. The third kappa shape index (κ3) is 3.03. The van der Waals surface area contributed by atoms with Crippen molar-refractivity contribution in [3.63, 3.8) is 0 Å². The zero-order chi connectivity index (χ0) is 13.2. The van der Waals surface area contributed by atoms with Crippen molar-refractivity contribution in [3.8, 4) is 0 Å². The zero-order valence-electron chi connectivity index (χ0n) is 11.8. The average Bonchev–Trinajstić information content (AvgIpc) is 2.33. The molecule has 0 amide bonds. The Bertz CT molecular complexity index is 282. The molecule has 2 rings (SSSR count). The fourth-order valence-corrected chi connectivity index (χ4v) is 4.18. The summed E-state index contributed by atoms with van der Waals surface area (Å²) in [6, 6.07) is 0. The Morgan fingerprint density at radius 1 is 1.39 bits per heavy atom. The van der Waals surface area contributed by atoms with E-state index in [0.717, 1.165) is 25.0 Å². The van der Waals surface area contributed by atoms with Crippen molar-refractivity contribution < 1.29 is 14.9 Å². The molecule has 1 saturated carbocycles. The highest BCUT2D eigenvalue weighted by Crippen LogP contribution is 2.46. The van der Waals surface area contributed by atoms with E-state index in [1.54, 1.807) is 0 Å². The van der Waals surface area contributed by atoms with E-state index in [1.165, 1.54) is 18.6 Å². The third-order valence-corrected chi connectivity index (χ3v) is 5.79. The molecule has 0 radical (unpaired) electrons. The van der Waals surface area contributed by atoms with Crippen LogP contribution in [0.2, 0.25) is 0 Å². The second-order valence-electron chi connectivity index (χ2n) is 6.22. The number of unbranched alkanes of at least 4 members (excludes halogenated alkanes) is 1. The molecule has 3 nitrogen and oxygen atoms in total. The maximum absolute atomic E-state index is 10.2. The Hall–Kier alpha value is 0.230. The predicted octanol–water partition coefficient (Wildman–Crippen LogP) is 3.16. The van der Waals surface area contributed by atoms with E-state index < -0.39 is 5.60 Å². The minimum absolute atomic E-state index is 0.148. The second kappa shape index (κ2) is 5.70. The average molecular weight is 274 g/mol. The number of rotatable bonds is 5. The Kier molecular flexibility index (Phi) is 4.63. The molecule has 2 bridgehead atoms. The normalized spacial score (nSPS) is 44.0. The maximum atomic E-state index is 10.2. The number of hydrogen-bond donors (Lipinski definition) is 1. The van der Waals surface area contributed by atoms with Crippen molar-refractivity contribution in [1.29, 1.82) is 0 Å². The first kappa shape index (κ1) is 14.6. The zero-order valence-corrected chi connectivity index (χ0v) is 12.6. The fraction of sp³-hybridized carbons (Fsp3) is 1.00. The van der Waals surface area contributed by atoms with Gasteiger partial charge in [0.05, 0.1) is 5.60 Å². The quantitative estimate of drug-likeness (QED) is 0.617. The molecule has 0 aromatic heterocycles. The number of hydrogen-bond acceptors (Lipinski definition) is 4. The topological polar surface area (TPSA) is 38.7 Å². The highest BCUT2D eigenvalue weighted by Gasteiger charge is 2.51. The Balaban J connectivity index is 1.88. The molecule has 4 heteroatoms. The maximum Gasteiger partial charge on any atom is 0.122 e. The van der Waals surface area contributed by atoms with Crippen LogP contribution in [0, 0.1) is 5.92 Å². The van der Waals surface area contributed by atoms with E-state index in [2.05, 4.69) is 13.8 Å². The summed E-state index contributed by atoms with van der Waals surface area (Å²) in [5, 5.41) is 10.2. The summed E-state index contributed by atoms with van der Waals surface area (Å²) in [6.07, 6.45) is 5.15. The van der Waals surface area contributed by atoms with Gasteiger partial charge < -0.3 is 5.11 Å². The van der Waals surface area contributed by atoms with Gasteiger partial charge >= 0.3 is 0 Å². The smallest absolute Gasteiger partial charge is 0.122 e. The van der Waals surface area contributed by atoms with Gasteiger partial charge in [0.2, 0.25) is 0 Å². The molecule has 0 unspecified atom stereocenters. The Morgan fingerprint density at radius 2 is 2.17 bits per heavy atom. The SMILES string of the molecule is CCCCSC[C@@]1(C)OO[C@@H]2C[C@H]1CC[C@@]2(C)O. The standard InChI is InChI=1S/C14H26O3S/c1-4-5-8-18-10-14(3)11-6-7-13(2,15)12(9-11)16-17-14/h11-12,15H,4-10H2,1-3H3/t11-,12-,13-,14-/m1/s1. The van der Waals surface area contributed by atoms with Crippen LogP contribution in [-0.4, -0.2) is 33.9 Å². The van der Waals surface area contributed by atoms with Crippen molar-refractivity contribution in [3.05, 3.63) is 0 Å². The van der Waals surface area contributed by atoms with Gasteiger partial charge in [0.1, 0.15) is 11.7 Å². The van der Waals surface area contributed by atoms with Gasteiger partial charge in [-0.15, -0.1) is 0 Å². The van der Waals surface area contributed by atoms with E-state index in [4.69, 9.17) is 9.78 Å². The van der Waals surface area contributed by atoms with E-state index in [1.807, 2.05) is 18.7 Å². The van der Waals surface area contributed by atoms with Gasteiger partial charge in [-0.25, -0.2) is 9.78 Å². The molecule has 2 fully saturated rings. The highest BCUT2D eigenvalue weighted by atomic mass is 32.2. The Morgan fingerprint density at radius 3 is 2.89 bits per heavy atom. The van der Waals surface area contributed by atoms with Crippen LogP contribution >= 0.6 is 11.8 Å². The summed E-state index contributed by atoms with van der Waals surface area (Å²) in [5.41, 5.74) is -0.890. The molecule has 4 atom stereocenters. The lowest BCUT2D eigenvalue weighted by Gasteiger charge is -2.50. The van der Waals surface area contributed by atoms with Crippen LogP contribution in [-0.2, 0) is 9.78 Å². The molecule has 0 aromatic carbocycles. The number of fused-ring (bicyclic) bond motifs is 2.